The summed E-state index contributed by atoms with van der Waals surface area (Å²) in [6.45, 7) is 5.35. The lowest BCUT2D eigenvalue weighted by molar-refractivity contribution is -0.160. The smallest absolute Gasteiger partial charge is 0.329 e. The third kappa shape index (κ3) is 4.44. The minimum absolute atomic E-state index is 0.00662. The molecular formula is C34H34N2O5. The topological polar surface area (TPSA) is 92.8 Å². The molecular weight excluding hydrogens is 516 g/mol. The number of nitrogens with one attached hydrogen (secondary N) is 1. The fraction of sp³-hybridized carbons (Fsp3) is 0.353. The predicted molar refractivity (Wildman–Crippen MR) is 154 cm³/mol. The van der Waals surface area contributed by atoms with Gasteiger partial charge in [0, 0.05) is 17.5 Å². The largest absolute Gasteiger partial charge is 0.454 e. The number of benzene rings is 3. The lowest BCUT2D eigenvalue weighted by Crippen LogP contribution is -2.47. The highest BCUT2D eigenvalue weighted by Crippen LogP contribution is 2.61. The van der Waals surface area contributed by atoms with E-state index in [1.807, 2.05) is 63.2 Å². The Balaban J connectivity index is 1.27. The number of para-hydroxylation sites is 1. The molecule has 1 fully saturated rings. The minimum atomic E-state index is -1.10. The predicted octanol–water partition coefficient (Wildman–Crippen LogP) is 5.04. The monoisotopic (exact) mass is 550 g/mol. The number of imide groups is 1. The van der Waals surface area contributed by atoms with Gasteiger partial charge in [-0.1, -0.05) is 87.5 Å². The Morgan fingerprint density at radius 2 is 1.29 bits per heavy atom. The van der Waals surface area contributed by atoms with Crippen LogP contribution in [0, 0.1) is 17.8 Å². The third-order valence-electron chi connectivity index (χ3n) is 8.78. The number of ether oxygens (including phenoxy) is 1. The number of carbonyl (C=O) groups is 4. The molecule has 1 aliphatic heterocycles. The minimum Gasteiger partial charge on any atom is -0.454 e. The zero-order valence-electron chi connectivity index (χ0n) is 23.5. The fourth-order valence-electron chi connectivity index (χ4n) is 7.13. The molecule has 1 saturated heterocycles. The summed E-state index contributed by atoms with van der Waals surface area (Å²) in [5, 5.41) is 2.80. The van der Waals surface area contributed by atoms with Crippen molar-refractivity contribution >= 4 is 29.4 Å². The van der Waals surface area contributed by atoms with Gasteiger partial charge in [0.25, 0.3) is 5.91 Å². The van der Waals surface area contributed by atoms with Crippen molar-refractivity contribution < 1.29 is 23.9 Å². The Bertz CT molecular complexity index is 1430. The van der Waals surface area contributed by atoms with Crippen molar-refractivity contribution in [2.75, 3.05) is 11.9 Å². The molecule has 210 valence electrons. The SMILES string of the molecule is CCc1ccccc1NC(=O)COC(=O)[C@H](CC(C)C)N1C(=O)[C@@H]2C3c4ccccc4C(c4ccccc43)[C@@H]2C1=O. The number of carbonyl (C=O) groups excluding carboxylic acids is 4. The van der Waals surface area contributed by atoms with E-state index in [4.69, 9.17) is 4.74 Å². The van der Waals surface area contributed by atoms with Gasteiger partial charge in [0.05, 0.1) is 11.8 Å². The molecule has 4 aliphatic rings. The van der Waals surface area contributed by atoms with Crippen LogP contribution in [0.15, 0.2) is 72.8 Å². The van der Waals surface area contributed by atoms with Crippen molar-refractivity contribution in [2.24, 2.45) is 17.8 Å². The molecule has 3 atom stereocenters. The average molecular weight is 551 g/mol. The molecule has 2 bridgehead atoms. The Hall–Kier alpha value is -4.26. The maximum absolute atomic E-state index is 14.2. The number of nitrogens with zero attached hydrogens (tertiary/aromatic N) is 1. The van der Waals surface area contributed by atoms with Crippen molar-refractivity contribution in [1.82, 2.24) is 4.90 Å². The molecule has 1 heterocycles. The Labute approximate surface area is 239 Å². The number of esters is 1. The first-order valence-corrected chi connectivity index (χ1v) is 14.4. The zero-order valence-corrected chi connectivity index (χ0v) is 23.5. The summed E-state index contributed by atoms with van der Waals surface area (Å²) >= 11 is 0. The van der Waals surface area contributed by atoms with Gasteiger partial charge in [-0.25, -0.2) is 4.79 Å². The second-order valence-electron chi connectivity index (χ2n) is 11.6. The van der Waals surface area contributed by atoms with Gasteiger partial charge in [-0.05, 0) is 52.6 Å². The Morgan fingerprint density at radius 3 is 1.78 bits per heavy atom. The molecule has 0 unspecified atom stereocenters. The number of likely N-dealkylation sites (tertiary alicyclic amines) is 1. The van der Waals surface area contributed by atoms with E-state index in [0.29, 0.717) is 5.69 Å². The molecule has 0 saturated carbocycles. The first kappa shape index (κ1) is 26.9. The van der Waals surface area contributed by atoms with Gasteiger partial charge in [-0.2, -0.15) is 0 Å². The molecule has 3 aromatic carbocycles. The average Bonchev–Trinajstić information content (AvgIpc) is 3.24. The lowest BCUT2D eigenvalue weighted by atomic mass is 9.55. The number of hydrogen-bond acceptors (Lipinski definition) is 5. The van der Waals surface area contributed by atoms with Crippen LogP contribution in [0.3, 0.4) is 0 Å². The highest BCUT2D eigenvalue weighted by molar-refractivity contribution is 6.10. The molecule has 1 N–H and O–H groups in total. The van der Waals surface area contributed by atoms with Crippen LogP contribution in [0.5, 0.6) is 0 Å². The number of aryl methyl sites for hydroxylation is 1. The van der Waals surface area contributed by atoms with E-state index in [1.165, 1.54) is 4.90 Å². The van der Waals surface area contributed by atoms with Gasteiger partial charge in [0.15, 0.2) is 6.61 Å². The van der Waals surface area contributed by atoms with Crippen molar-refractivity contribution in [3.8, 4) is 0 Å². The summed E-state index contributed by atoms with van der Waals surface area (Å²) in [5.41, 5.74) is 5.94. The molecule has 7 rings (SSSR count). The summed E-state index contributed by atoms with van der Waals surface area (Å²) in [6.07, 6.45) is 0.995. The van der Waals surface area contributed by atoms with E-state index in [-0.39, 0.29) is 36.0 Å². The second kappa shape index (κ2) is 10.6. The second-order valence-corrected chi connectivity index (χ2v) is 11.6. The highest BCUT2D eigenvalue weighted by Gasteiger charge is 2.63. The Morgan fingerprint density at radius 1 is 0.805 bits per heavy atom. The molecule has 0 aromatic heterocycles. The van der Waals surface area contributed by atoms with Crippen LogP contribution < -0.4 is 5.32 Å². The maximum atomic E-state index is 14.2. The van der Waals surface area contributed by atoms with Crippen LogP contribution >= 0.6 is 0 Å². The number of amides is 3. The summed E-state index contributed by atoms with van der Waals surface area (Å²) in [5.74, 6) is -3.52. The van der Waals surface area contributed by atoms with Crippen LogP contribution in [-0.2, 0) is 30.3 Å². The van der Waals surface area contributed by atoms with Crippen molar-refractivity contribution in [1.29, 1.82) is 0 Å². The summed E-state index contributed by atoms with van der Waals surface area (Å²) < 4.78 is 5.47. The standard InChI is InChI=1S/C34H34N2O5/c1-4-20-11-5-10-16-25(20)35-27(37)18-41-34(40)26(17-19(2)3)36-32(38)30-28-21-12-6-7-13-22(21)29(31(30)33(36)39)24-15-9-8-14-23(24)28/h5-16,19,26,28-31H,4,17-18H2,1-3H3,(H,35,37)/t26-,28?,29?,30-,31+/m0/s1. The Kier molecular flexibility index (Phi) is 6.98. The van der Waals surface area contributed by atoms with Crippen molar-refractivity contribution in [3.63, 3.8) is 0 Å². The van der Waals surface area contributed by atoms with Crippen LogP contribution in [-0.4, -0.2) is 41.2 Å². The normalized spacial score (nSPS) is 22.7. The van der Waals surface area contributed by atoms with Gasteiger partial charge in [0.2, 0.25) is 11.8 Å². The van der Waals surface area contributed by atoms with E-state index >= 15 is 0 Å². The summed E-state index contributed by atoms with van der Waals surface area (Å²) in [4.78, 5) is 55.7. The molecule has 3 aliphatic carbocycles. The maximum Gasteiger partial charge on any atom is 0.329 e. The molecule has 7 heteroatoms. The van der Waals surface area contributed by atoms with Gasteiger partial charge in [0.1, 0.15) is 6.04 Å². The first-order chi connectivity index (χ1) is 19.8. The van der Waals surface area contributed by atoms with E-state index in [9.17, 15) is 19.2 Å². The highest BCUT2D eigenvalue weighted by atomic mass is 16.5. The number of rotatable bonds is 8. The van der Waals surface area contributed by atoms with Gasteiger partial charge in [-0.15, -0.1) is 0 Å². The van der Waals surface area contributed by atoms with Crippen molar-refractivity contribution in [3.05, 3.63) is 101 Å². The van der Waals surface area contributed by atoms with Crippen LogP contribution in [0.4, 0.5) is 5.69 Å². The summed E-state index contributed by atoms with van der Waals surface area (Å²) in [6, 6.07) is 22.4. The molecule has 3 aromatic rings. The van der Waals surface area contributed by atoms with Crippen molar-refractivity contribution in [2.45, 2.75) is 51.5 Å². The van der Waals surface area contributed by atoms with Crippen LogP contribution in [0.1, 0.15) is 66.8 Å². The molecule has 3 amide bonds. The van der Waals surface area contributed by atoms with E-state index in [2.05, 4.69) is 29.6 Å². The van der Waals surface area contributed by atoms with E-state index in [1.54, 1.807) is 6.07 Å². The molecule has 0 spiro atoms. The fourth-order valence-corrected chi connectivity index (χ4v) is 7.13. The lowest BCUT2D eigenvalue weighted by Gasteiger charge is -2.45. The first-order valence-electron chi connectivity index (χ1n) is 14.4. The van der Waals surface area contributed by atoms with E-state index in [0.717, 1.165) is 34.2 Å². The van der Waals surface area contributed by atoms with Gasteiger partial charge < -0.3 is 10.1 Å². The van der Waals surface area contributed by atoms with Crippen LogP contribution in [0.2, 0.25) is 0 Å². The molecule has 41 heavy (non-hydrogen) atoms. The van der Waals surface area contributed by atoms with E-state index < -0.39 is 36.4 Å². The number of hydrogen-bond donors (Lipinski definition) is 1. The zero-order chi connectivity index (χ0) is 28.8. The third-order valence-corrected chi connectivity index (χ3v) is 8.78. The quantitative estimate of drug-likeness (QED) is 0.314. The van der Waals surface area contributed by atoms with Gasteiger partial charge in [-0.3, -0.25) is 19.3 Å². The number of anilines is 1. The molecule has 0 radical (unpaired) electrons. The molecule has 7 nitrogen and oxygen atoms in total. The van der Waals surface area contributed by atoms with Gasteiger partial charge >= 0.3 is 5.97 Å². The van der Waals surface area contributed by atoms with Crippen LogP contribution in [0.25, 0.3) is 0 Å². The summed E-state index contributed by atoms with van der Waals surface area (Å²) in [7, 11) is 0.